The molecule has 1 aromatic carbocycles. The van der Waals surface area contributed by atoms with Crippen molar-refractivity contribution >= 4 is 29.4 Å². The Morgan fingerprint density at radius 1 is 1.02 bits per heavy atom. The van der Waals surface area contributed by atoms with Crippen LogP contribution in [0, 0.1) is 62.4 Å². The van der Waals surface area contributed by atoms with Gasteiger partial charge < -0.3 is 14.6 Å². The van der Waals surface area contributed by atoms with E-state index in [9.17, 15) is 34.4 Å². The second-order valence-electron chi connectivity index (χ2n) is 16.1. The van der Waals surface area contributed by atoms with Crippen LogP contribution in [0.1, 0.15) is 115 Å². The van der Waals surface area contributed by atoms with E-state index in [1.165, 1.54) is 49.9 Å². The maximum atomic E-state index is 13.4. The number of hydrogen-bond acceptors (Lipinski definition) is 9. The van der Waals surface area contributed by atoms with E-state index in [1.807, 2.05) is 0 Å². The van der Waals surface area contributed by atoms with Gasteiger partial charge in [0.2, 0.25) is 0 Å². The molecule has 51 heavy (non-hydrogen) atoms. The highest BCUT2D eigenvalue weighted by atomic mass is 16.6. The summed E-state index contributed by atoms with van der Waals surface area (Å²) >= 11 is 0. The van der Waals surface area contributed by atoms with Gasteiger partial charge in [0.25, 0.3) is 5.69 Å². The van der Waals surface area contributed by atoms with Crippen molar-refractivity contribution in [2.75, 3.05) is 13.2 Å². The quantitative estimate of drug-likeness (QED) is 0.0273. The fourth-order valence-corrected chi connectivity index (χ4v) is 11.0. The number of esters is 2. The Bertz CT molecular complexity index is 1530. The molecule has 5 rings (SSSR count). The number of hydrogen-bond donors (Lipinski definition) is 1. The smallest absolute Gasteiger partial charge is 0.310 e. The zero-order valence-corrected chi connectivity index (χ0v) is 30.0. The molecule has 1 N–H and O–H groups in total. The van der Waals surface area contributed by atoms with Gasteiger partial charge >= 0.3 is 17.9 Å². The third-order valence-electron chi connectivity index (χ3n) is 13.6. The van der Waals surface area contributed by atoms with Gasteiger partial charge in [-0.3, -0.25) is 29.3 Å². The van der Waals surface area contributed by atoms with Gasteiger partial charge in [0, 0.05) is 35.4 Å². The number of non-ortho nitro benzene ring substituents is 1. The number of nitrogens with zero attached hydrogens (tertiary/aromatic N) is 4. The minimum atomic E-state index is -1.20. The lowest BCUT2D eigenvalue weighted by molar-refractivity contribution is -0.384. The highest BCUT2D eigenvalue weighted by molar-refractivity contribution is 5.98. The molecule has 0 bridgehead atoms. The Labute approximate surface area is 299 Å². The molecule has 4 saturated carbocycles. The second-order valence-corrected chi connectivity index (χ2v) is 16.1. The lowest BCUT2D eigenvalue weighted by Gasteiger charge is -2.61. The number of benzene rings is 1. The molecule has 0 saturated heterocycles. The zero-order chi connectivity index (χ0) is 36.9. The third kappa shape index (κ3) is 8.40. The SMILES string of the molecule is C[C@H](CCC(=O)OCCN=[N+]=[N-])C1CC[C@H]2[C@@H]3CC[C@@H]4C[C@H](OC(=O)[C@H](CC(=O)O)CC(=O)c5ccc([N+](=O)[O-])cc5)CC[C@]4(C)[C@H]3CC[C@]12C. The monoisotopic (exact) mass is 708 g/mol. The molecule has 0 aromatic heterocycles. The van der Waals surface area contributed by atoms with Crippen LogP contribution in [-0.2, 0) is 23.9 Å². The summed E-state index contributed by atoms with van der Waals surface area (Å²) in [5.41, 5.74) is 8.80. The van der Waals surface area contributed by atoms with Gasteiger partial charge in [-0.1, -0.05) is 25.9 Å². The fraction of sp³-hybridized carbons (Fsp3) is 0.737. The molecule has 0 spiro atoms. The summed E-state index contributed by atoms with van der Waals surface area (Å²) in [5, 5.41) is 23.9. The molecule has 1 unspecified atom stereocenters. The number of ether oxygens (including phenoxy) is 2. The number of carbonyl (C=O) groups is 4. The minimum absolute atomic E-state index is 0.116. The molecule has 0 heterocycles. The van der Waals surface area contributed by atoms with Crippen molar-refractivity contribution in [3.8, 4) is 0 Å². The van der Waals surface area contributed by atoms with Crippen molar-refractivity contribution in [1.29, 1.82) is 0 Å². The second kappa shape index (κ2) is 16.1. The van der Waals surface area contributed by atoms with Crippen LogP contribution in [0.2, 0.25) is 0 Å². The first kappa shape index (κ1) is 38.2. The molecule has 4 fully saturated rings. The molecule has 4 aliphatic rings. The summed E-state index contributed by atoms with van der Waals surface area (Å²) in [5.74, 6) is -0.434. The Morgan fingerprint density at radius 3 is 2.41 bits per heavy atom. The van der Waals surface area contributed by atoms with Gasteiger partial charge in [-0.25, -0.2) is 0 Å². The molecule has 0 amide bonds. The Hall–Kier alpha value is -3.99. The molecule has 13 heteroatoms. The summed E-state index contributed by atoms with van der Waals surface area (Å²) in [7, 11) is 0. The number of nitro groups is 1. The van der Waals surface area contributed by atoms with Gasteiger partial charge in [0.05, 0.1) is 30.4 Å². The Balaban J connectivity index is 1.16. The van der Waals surface area contributed by atoms with Gasteiger partial charge in [-0.2, -0.15) is 0 Å². The number of carboxylic acid groups (broad SMARTS) is 1. The van der Waals surface area contributed by atoms with Crippen LogP contribution in [0.4, 0.5) is 5.69 Å². The van der Waals surface area contributed by atoms with E-state index >= 15 is 0 Å². The van der Waals surface area contributed by atoms with Gasteiger partial charge in [0.15, 0.2) is 5.78 Å². The van der Waals surface area contributed by atoms with Crippen molar-refractivity contribution in [2.24, 2.45) is 57.4 Å². The normalized spacial score (nSPS) is 32.1. The average Bonchev–Trinajstić information content (AvgIpc) is 3.46. The summed E-state index contributed by atoms with van der Waals surface area (Å²) in [6.07, 6.45) is 9.31. The molecule has 1 aromatic rings. The molecule has 13 nitrogen and oxygen atoms in total. The molecule has 4 aliphatic carbocycles. The number of fused-ring (bicyclic) bond motifs is 5. The highest BCUT2D eigenvalue weighted by Gasteiger charge is 2.60. The molecule has 0 radical (unpaired) electrons. The highest BCUT2D eigenvalue weighted by Crippen LogP contribution is 2.68. The zero-order valence-electron chi connectivity index (χ0n) is 30.0. The lowest BCUT2D eigenvalue weighted by Crippen LogP contribution is -2.54. The van der Waals surface area contributed by atoms with Crippen LogP contribution in [0.3, 0.4) is 0 Å². The number of nitro benzene ring substituents is 1. The van der Waals surface area contributed by atoms with Gasteiger partial charge in [0.1, 0.15) is 6.10 Å². The molecular formula is C38H52N4O9. The molecular weight excluding hydrogens is 656 g/mol. The van der Waals surface area contributed by atoms with E-state index in [2.05, 4.69) is 30.8 Å². The van der Waals surface area contributed by atoms with Crippen molar-refractivity contribution in [3.05, 3.63) is 50.4 Å². The average molecular weight is 709 g/mol. The van der Waals surface area contributed by atoms with Crippen molar-refractivity contribution in [1.82, 2.24) is 0 Å². The lowest BCUT2D eigenvalue weighted by atomic mass is 9.44. The van der Waals surface area contributed by atoms with Gasteiger partial charge in [-0.15, -0.1) is 0 Å². The first-order valence-electron chi connectivity index (χ1n) is 18.6. The number of ketones is 1. The third-order valence-corrected chi connectivity index (χ3v) is 13.6. The largest absolute Gasteiger partial charge is 0.481 e. The van der Waals surface area contributed by atoms with Crippen molar-refractivity contribution in [3.63, 3.8) is 0 Å². The van der Waals surface area contributed by atoms with E-state index in [1.54, 1.807) is 0 Å². The number of azide groups is 1. The van der Waals surface area contributed by atoms with E-state index in [4.69, 9.17) is 15.0 Å². The van der Waals surface area contributed by atoms with Crippen LogP contribution in [0.15, 0.2) is 29.4 Å². The van der Waals surface area contributed by atoms with E-state index in [-0.39, 0.29) is 53.7 Å². The van der Waals surface area contributed by atoms with Crippen molar-refractivity contribution in [2.45, 2.75) is 110 Å². The number of aliphatic carboxylic acids is 1. The van der Waals surface area contributed by atoms with Crippen LogP contribution in [0.5, 0.6) is 0 Å². The molecule has 278 valence electrons. The van der Waals surface area contributed by atoms with Gasteiger partial charge in [-0.05, 0) is 128 Å². The van der Waals surface area contributed by atoms with Crippen LogP contribution >= 0.6 is 0 Å². The maximum absolute atomic E-state index is 13.4. The van der Waals surface area contributed by atoms with Crippen LogP contribution in [0.25, 0.3) is 10.4 Å². The predicted octanol–water partition coefficient (Wildman–Crippen LogP) is 8.10. The van der Waals surface area contributed by atoms with Crippen molar-refractivity contribution < 1.29 is 38.7 Å². The maximum Gasteiger partial charge on any atom is 0.310 e. The summed E-state index contributed by atoms with van der Waals surface area (Å²) in [4.78, 5) is 63.3. The van der Waals surface area contributed by atoms with Crippen LogP contribution in [-0.4, -0.2) is 53.0 Å². The fourth-order valence-electron chi connectivity index (χ4n) is 11.0. The van der Waals surface area contributed by atoms with Crippen LogP contribution < -0.4 is 0 Å². The molecule has 0 aliphatic heterocycles. The number of carboxylic acids is 1. The topological polar surface area (TPSA) is 199 Å². The van der Waals surface area contributed by atoms with E-state index < -0.39 is 35.0 Å². The summed E-state index contributed by atoms with van der Waals surface area (Å²) in [6.45, 7) is 7.48. The molecule has 10 atom stereocenters. The summed E-state index contributed by atoms with van der Waals surface area (Å²) in [6, 6.07) is 5.06. The number of carbonyl (C=O) groups excluding carboxylic acids is 3. The number of rotatable bonds is 15. The van der Waals surface area contributed by atoms with E-state index in [0.29, 0.717) is 48.3 Å². The first-order chi connectivity index (χ1) is 24.3. The predicted molar refractivity (Wildman–Crippen MR) is 186 cm³/mol. The standard InChI is InChI=1S/C38H52N4O9/c1-23(4-13-35(46)50-19-18-40-41-39)30-11-12-31-29-10-7-26-22-28(14-16-37(26,2)32(29)15-17-38(30,31)3)51-36(47)25(21-34(44)45)20-33(43)24-5-8-27(9-6-24)42(48)49/h5-6,8-9,23,25-26,28-32H,4,7,10-22H2,1-3H3,(H,44,45)/t23-,25+,26-,28-,29+,30?,31+,32+,37+,38-/m1/s1. The minimum Gasteiger partial charge on any atom is -0.481 e. The Kier molecular flexibility index (Phi) is 12.1. The Morgan fingerprint density at radius 2 is 1.73 bits per heavy atom. The first-order valence-corrected chi connectivity index (χ1v) is 18.6. The summed E-state index contributed by atoms with van der Waals surface area (Å²) < 4.78 is 11.2. The van der Waals surface area contributed by atoms with E-state index in [0.717, 1.165) is 32.1 Å². The number of Topliss-reactive ketones (excluding diaryl/α,β-unsaturated/α-hetero) is 1.